The first-order chi connectivity index (χ1) is 6.81. The van der Waals surface area contributed by atoms with Gasteiger partial charge in [-0.15, -0.1) is 0 Å². The Morgan fingerprint density at radius 2 is 2.21 bits per heavy atom. The van der Waals surface area contributed by atoms with E-state index in [9.17, 15) is 0 Å². The fourth-order valence-electron chi connectivity index (χ4n) is 1.19. The minimum absolute atomic E-state index is 0.539. The second-order valence-corrected chi connectivity index (χ2v) is 2.79. The summed E-state index contributed by atoms with van der Waals surface area (Å²) in [6, 6.07) is 3.66. The van der Waals surface area contributed by atoms with E-state index in [4.69, 9.17) is 10.5 Å². The molecule has 0 atom stereocenters. The van der Waals surface area contributed by atoms with Crippen LogP contribution in [0.25, 0.3) is 11.1 Å². The minimum atomic E-state index is 0.539. The van der Waals surface area contributed by atoms with Crippen molar-refractivity contribution >= 4 is 5.82 Å². The SMILES string of the molecule is COc1ccc(-c2cn[nH]c2N)cn1. The third kappa shape index (κ3) is 1.39. The standard InChI is InChI=1S/C9H10N4O/c1-14-8-3-2-6(4-11-8)7-5-12-13-9(7)10/h2-5H,1H3,(H3,10,12,13). The molecule has 0 saturated carbocycles. The zero-order valence-electron chi connectivity index (χ0n) is 7.69. The van der Waals surface area contributed by atoms with Crippen LogP contribution < -0.4 is 10.5 Å². The number of nitrogens with one attached hydrogen (secondary N) is 1. The van der Waals surface area contributed by atoms with Crippen LogP contribution in [0, 0.1) is 0 Å². The molecule has 0 aromatic carbocycles. The largest absolute Gasteiger partial charge is 0.481 e. The molecule has 0 spiro atoms. The number of aromatic amines is 1. The van der Waals surface area contributed by atoms with Gasteiger partial charge in [-0.3, -0.25) is 5.10 Å². The second-order valence-electron chi connectivity index (χ2n) is 2.79. The Balaban J connectivity index is 2.39. The number of methoxy groups -OCH3 is 1. The van der Waals surface area contributed by atoms with E-state index < -0.39 is 0 Å². The van der Waals surface area contributed by atoms with Gasteiger partial charge in [0, 0.05) is 23.4 Å². The number of H-pyrrole nitrogens is 1. The van der Waals surface area contributed by atoms with Gasteiger partial charge in [0.05, 0.1) is 13.3 Å². The highest BCUT2D eigenvalue weighted by atomic mass is 16.5. The lowest BCUT2D eigenvalue weighted by Crippen LogP contribution is -1.90. The van der Waals surface area contributed by atoms with Crippen molar-refractivity contribution < 1.29 is 4.74 Å². The summed E-state index contributed by atoms with van der Waals surface area (Å²) in [4.78, 5) is 4.07. The molecule has 0 unspecified atom stereocenters. The number of hydrogen-bond acceptors (Lipinski definition) is 4. The number of nitrogens with zero attached hydrogens (tertiary/aromatic N) is 2. The highest BCUT2D eigenvalue weighted by Crippen LogP contribution is 2.23. The van der Waals surface area contributed by atoms with Gasteiger partial charge in [-0.05, 0) is 6.07 Å². The van der Waals surface area contributed by atoms with Crippen LogP contribution in [0.5, 0.6) is 5.88 Å². The third-order valence-electron chi connectivity index (χ3n) is 1.93. The Kier molecular flexibility index (Phi) is 2.06. The van der Waals surface area contributed by atoms with Crippen molar-refractivity contribution in [3.05, 3.63) is 24.5 Å². The summed E-state index contributed by atoms with van der Waals surface area (Å²) in [5.41, 5.74) is 7.43. The topological polar surface area (TPSA) is 76.8 Å². The number of rotatable bonds is 2. The van der Waals surface area contributed by atoms with Crippen LogP contribution in [0.3, 0.4) is 0 Å². The van der Waals surface area contributed by atoms with Crippen LogP contribution in [0.15, 0.2) is 24.5 Å². The predicted molar refractivity (Wildman–Crippen MR) is 52.8 cm³/mol. The molecule has 2 aromatic heterocycles. The number of ether oxygens (including phenoxy) is 1. The number of hydrogen-bond donors (Lipinski definition) is 2. The van der Waals surface area contributed by atoms with Crippen molar-refractivity contribution in [2.75, 3.05) is 12.8 Å². The van der Waals surface area contributed by atoms with Gasteiger partial charge in [-0.1, -0.05) is 0 Å². The summed E-state index contributed by atoms with van der Waals surface area (Å²) in [6.45, 7) is 0. The van der Waals surface area contributed by atoms with E-state index in [0.29, 0.717) is 11.7 Å². The highest BCUT2D eigenvalue weighted by molar-refractivity contribution is 5.72. The molecular formula is C9H10N4O. The maximum absolute atomic E-state index is 5.67. The van der Waals surface area contributed by atoms with Gasteiger partial charge < -0.3 is 10.5 Å². The molecule has 0 radical (unpaired) electrons. The van der Waals surface area contributed by atoms with Gasteiger partial charge in [0.1, 0.15) is 5.82 Å². The van der Waals surface area contributed by atoms with Gasteiger partial charge in [0.15, 0.2) is 0 Å². The summed E-state index contributed by atoms with van der Waals surface area (Å²) in [5.74, 6) is 1.12. The summed E-state index contributed by atoms with van der Waals surface area (Å²) in [7, 11) is 1.58. The highest BCUT2D eigenvalue weighted by Gasteiger charge is 2.04. The Morgan fingerprint density at radius 1 is 1.36 bits per heavy atom. The zero-order valence-corrected chi connectivity index (χ0v) is 7.69. The molecule has 0 amide bonds. The van der Waals surface area contributed by atoms with E-state index >= 15 is 0 Å². The van der Waals surface area contributed by atoms with Crippen molar-refractivity contribution in [2.24, 2.45) is 0 Å². The summed E-state index contributed by atoms with van der Waals surface area (Å²) < 4.78 is 4.95. The average molecular weight is 190 g/mol. The molecule has 0 saturated heterocycles. The van der Waals surface area contributed by atoms with E-state index in [1.807, 2.05) is 6.07 Å². The number of pyridine rings is 1. The van der Waals surface area contributed by atoms with Crippen LogP contribution >= 0.6 is 0 Å². The van der Waals surface area contributed by atoms with Crippen LogP contribution in [0.4, 0.5) is 5.82 Å². The molecule has 5 heteroatoms. The van der Waals surface area contributed by atoms with Gasteiger partial charge in [0.2, 0.25) is 5.88 Å². The smallest absolute Gasteiger partial charge is 0.212 e. The number of anilines is 1. The van der Waals surface area contributed by atoms with Crippen molar-refractivity contribution in [1.82, 2.24) is 15.2 Å². The summed E-state index contributed by atoms with van der Waals surface area (Å²) >= 11 is 0. The molecule has 14 heavy (non-hydrogen) atoms. The normalized spacial score (nSPS) is 10.1. The van der Waals surface area contributed by atoms with Crippen molar-refractivity contribution in [2.45, 2.75) is 0 Å². The molecule has 0 aliphatic rings. The monoisotopic (exact) mass is 190 g/mol. The fraction of sp³-hybridized carbons (Fsp3) is 0.111. The van der Waals surface area contributed by atoms with Gasteiger partial charge in [0.25, 0.3) is 0 Å². The van der Waals surface area contributed by atoms with Gasteiger partial charge in [-0.2, -0.15) is 5.10 Å². The second kappa shape index (κ2) is 3.37. The first-order valence-electron chi connectivity index (χ1n) is 4.10. The van der Waals surface area contributed by atoms with Crippen LogP contribution in [0.2, 0.25) is 0 Å². The predicted octanol–water partition coefficient (Wildman–Crippen LogP) is 1.06. The molecule has 5 nitrogen and oxygen atoms in total. The molecule has 0 aliphatic carbocycles. The van der Waals surface area contributed by atoms with Crippen molar-refractivity contribution in [3.63, 3.8) is 0 Å². The van der Waals surface area contributed by atoms with E-state index in [0.717, 1.165) is 11.1 Å². The number of aromatic nitrogens is 3. The van der Waals surface area contributed by atoms with Gasteiger partial charge in [-0.25, -0.2) is 4.98 Å². The lowest BCUT2D eigenvalue weighted by Gasteiger charge is -2.00. The fourth-order valence-corrected chi connectivity index (χ4v) is 1.19. The van der Waals surface area contributed by atoms with Crippen LogP contribution in [0.1, 0.15) is 0 Å². The quantitative estimate of drug-likeness (QED) is 0.742. The zero-order chi connectivity index (χ0) is 9.97. The Morgan fingerprint density at radius 3 is 2.71 bits per heavy atom. The molecule has 0 bridgehead atoms. The van der Waals surface area contributed by atoms with Gasteiger partial charge >= 0.3 is 0 Å². The molecule has 2 rings (SSSR count). The lowest BCUT2D eigenvalue weighted by atomic mass is 10.1. The Labute approximate surface area is 80.9 Å². The van der Waals surface area contributed by atoms with E-state index in [1.165, 1.54) is 0 Å². The number of nitrogen functional groups attached to an aromatic ring is 1. The van der Waals surface area contributed by atoms with E-state index in [1.54, 1.807) is 25.6 Å². The summed E-state index contributed by atoms with van der Waals surface area (Å²) in [5, 5.41) is 6.50. The first-order valence-corrected chi connectivity index (χ1v) is 4.10. The molecule has 3 N–H and O–H groups in total. The van der Waals surface area contributed by atoms with E-state index in [2.05, 4.69) is 15.2 Å². The molecule has 72 valence electrons. The minimum Gasteiger partial charge on any atom is -0.481 e. The Hall–Kier alpha value is -2.04. The third-order valence-corrected chi connectivity index (χ3v) is 1.93. The van der Waals surface area contributed by atoms with Crippen molar-refractivity contribution in [3.8, 4) is 17.0 Å². The molecule has 2 heterocycles. The molecule has 0 aliphatic heterocycles. The number of nitrogens with two attached hydrogens (primary N) is 1. The first kappa shape index (κ1) is 8.55. The average Bonchev–Trinajstić information content (AvgIpc) is 2.65. The molecule has 2 aromatic rings. The van der Waals surface area contributed by atoms with Crippen LogP contribution in [-0.4, -0.2) is 22.3 Å². The maximum atomic E-state index is 5.67. The molecule has 0 fully saturated rings. The Bertz CT molecular complexity index is 421. The summed E-state index contributed by atoms with van der Waals surface area (Å²) in [6.07, 6.45) is 3.36. The van der Waals surface area contributed by atoms with Crippen LogP contribution in [-0.2, 0) is 0 Å². The van der Waals surface area contributed by atoms with Crippen molar-refractivity contribution in [1.29, 1.82) is 0 Å². The lowest BCUT2D eigenvalue weighted by molar-refractivity contribution is 0.398. The maximum Gasteiger partial charge on any atom is 0.212 e. The molecular weight excluding hydrogens is 180 g/mol. The van der Waals surface area contributed by atoms with E-state index in [-0.39, 0.29) is 0 Å².